The van der Waals surface area contributed by atoms with Crippen molar-refractivity contribution in [2.45, 2.75) is 6.10 Å². The van der Waals surface area contributed by atoms with E-state index in [4.69, 9.17) is 11.2 Å². The molecule has 0 saturated carbocycles. The smallest absolute Gasteiger partial charge is 0.102 e. The molecule has 2 rings (SSSR count). The van der Waals surface area contributed by atoms with Crippen LogP contribution in [0.3, 0.4) is 0 Å². The SMILES string of the molecule is C#CCN(C)CCOCC(O)c1ccc2sccc2c1. The summed E-state index contributed by atoms with van der Waals surface area (Å²) in [5, 5.41) is 13.3. The van der Waals surface area contributed by atoms with Crippen LogP contribution in [0.4, 0.5) is 0 Å². The lowest BCUT2D eigenvalue weighted by molar-refractivity contribution is 0.0298. The zero-order chi connectivity index (χ0) is 14.4. The second-order valence-corrected chi connectivity index (χ2v) is 5.70. The third-order valence-corrected chi connectivity index (χ3v) is 4.01. The van der Waals surface area contributed by atoms with E-state index in [2.05, 4.69) is 17.4 Å². The first-order chi connectivity index (χ1) is 9.70. The van der Waals surface area contributed by atoms with Crippen LogP contribution in [0.2, 0.25) is 0 Å². The standard InChI is InChI=1S/C16H19NO2S/c1-3-7-17(2)8-9-19-12-15(18)13-4-5-16-14(11-13)6-10-20-16/h1,4-6,10-11,15,18H,7-9,12H2,2H3. The van der Waals surface area contributed by atoms with Crippen LogP contribution < -0.4 is 0 Å². The number of nitrogens with zero attached hydrogens (tertiary/aromatic N) is 1. The van der Waals surface area contributed by atoms with E-state index in [-0.39, 0.29) is 0 Å². The Balaban J connectivity index is 1.79. The quantitative estimate of drug-likeness (QED) is 0.628. The van der Waals surface area contributed by atoms with Gasteiger partial charge in [0.2, 0.25) is 0 Å². The number of hydrogen-bond acceptors (Lipinski definition) is 4. The summed E-state index contributed by atoms with van der Waals surface area (Å²) in [4.78, 5) is 2.00. The first-order valence-electron chi connectivity index (χ1n) is 6.55. The van der Waals surface area contributed by atoms with Crippen LogP contribution in [0.25, 0.3) is 10.1 Å². The number of aliphatic hydroxyl groups excluding tert-OH is 1. The second kappa shape index (κ2) is 7.41. The molecular weight excluding hydrogens is 270 g/mol. The van der Waals surface area contributed by atoms with Gasteiger partial charge in [-0.05, 0) is 41.6 Å². The fourth-order valence-electron chi connectivity index (χ4n) is 1.94. The van der Waals surface area contributed by atoms with Gasteiger partial charge < -0.3 is 9.84 Å². The Bertz CT molecular complexity index is 587. The van der Waals surface area contributed by atoms with Gasteiger partial charge in [-0.15, -0.1) is 17.8 Å². The van der Waals surface area contributed by atoms with Gasteiger partial charge >= 0.3 is 0 Å². The topological polar surface area (TPSA) is 32.7 Å². The van der Waals surface area contributed by atoms with Gasteiger partial charge in [0, 0.05) is 11.2 Å². The van der Waals surface area contributed by atoms with Crippen LogP contribution in [0.1, 0.15) is 11.7 Å². The number of terminal acetylenes is 1. The van der Waals surface area contributed by atoms with Gasteiger partial charge in [-0.1, -0.05) is 12.0 Å². The molecule has 0 bridgehead atoms. The average Bonchev–Trinajstić information content (AvgIpc) is 2.91. The van der Waals surface area contributed by atoms with Gasteiger partial charge in [0.15, 0.2) is 0 Å². The summed E-state index contributed by atoms with van der Waals surface area (Å²) < 4.78 is 6.74. The van der Waals surface area contributed by atoms with E-state index in [1.54, 1.807) is 11.3 Å². The van der Waals surface area contributed by atoms with Gasteiger partial charge in [0.25, 0.3) is 0 Å². The van der Waals surface area contributed by atoms with Crippen molar-refractivity contribution in [2.24, 2.45) is 0 Å². The highest BCUT2D eigenvalue weighted by Gasteiger charge is 2.09. The van der Waals surface area contributed by atoms with Gasteiger partial charge in [-0.25, -0.2) is 0 Å². The largest absolute Gasteiger partial charge is 0.386 e. The number of rotatable bonds is 7. The summed E-state index contributed by atoms with van der Waals surface area (Å²) in [6.07, 6.45) is 4.64. The van der Waals surface area contributed by atoms with Crippen LogP contribution in [0, 0.1) is 12.3 Å². The van der Waals surface area contributed by atoms with E-state index >= 15 is 0 Å². The Kier molecular flexibility index (Phi) is 5.57. The molecule has 1 aromatic heterocycles. The molecule has 0 amide bonds. The molecule has 1 N–H and O–H groups in total. The maximum Gasteiger partial charge on any atom is 0.102 e. The van der Waals surface area contributed by atoms with Crippen molar-refractivity contribution in [3.8, 4) is 12.3 Å². The molecule has 2 aromatic rings. The van der Waals surface area contributed by atoms with E-state index in [1.165, 1.54) is 10.1 Å². The van der Waals surface area contributed by atoms with Gasteiger partial charge in [-0.2, -0.15) is 0 Å². The number of hydrogen-bond donors (Lipinski definition) is 1. The molecule has 1 aromatic carbocycles. The number of fused-ring (bicyclic) bond motifs is 1. The molecule has 1 atom stereocenters. The molecule has 0 aliphatic heterocycles. The minimum Gasteiger partial charge on any atom is -0.386 e. The molecule has 0 aliphatic carbocycles. The molecule has 20 heavy (non-hydrogen) atoms. The Hall–Kier alpha value is -1.38. The van der Waals surface area contributed by atoms with Crippen molar-refractivity contribution in [3.05, 3.63) is 35.2 Å². The highest BCUT2D eigenvalue weighted by atomic mass is 32.1. The van der Waals surface area contributed by atoms with Crippen molar-refractivity contribution in [1.82, 2.24) is 4.90 Å². The average molecular weight is 289 g/mol. The molecule has 1 unspecified atom stereocenters. The summed E-state index contributed by atoms with van der Waals surface area (Å²) in [5.41, 5.74) is 0.896. The van der Waals surface area contributed by atoms with Crippen molar-refractivity contribution in [3.63, 3.8) is 0 Å². The summed E-state index contributed by atoms with van der Waals surface area (Å²) >= 11 is 1.70. The summed E-state index contributed by atoms with van der Waals surface area (Å²) in [7, 11) is 1.95. The van der Waals surface area contributed by atoms with Crippen molar-refractivity contribution >= 4 is 21.4 Å². The molecule has 0 spiro atoms. The lowest BCUT2D eigenvalue weighted by atomic mass is 10.1. The van der Waals surface area contributed by atoms with Gasteiger partial charge in [-0.3, -0.25) is 4.90 Å². The van der Waals surface area contributed by atoms with Gasteiger partial charge in [0.05, 0.1) is 19.8 Å². The summed E-state index contributed by atoms with van der Waals surface area (Å²) in [5.74, 6) is 2.58. The second-order valence-electron chi connectivity index (χ2n) is 4.75. The van der Waals surface area contributed by atoms with E-state index in [1.807, 2.05) is 30.1 Å². The van der Waals surface area contributed by atoms with E-state index in [9.17, 15) is 5.11 Å². The number of thiophene rings is 1. The normalized spacial score (nSPS) is 12.7. The molecule has 0 aliphatic rings. The molecule has 0 radical (unpaired) electrons. The van der Waals surface area contributed by atoms with Crippen LogP contribution in [-0.2, 0) is 4.74 Å². The predicted molar refractivity (Wildman–Crippen MR) is 83.9 cm³/mol. The molecule has 4 heteroatoms. The maximum absolute atomic E-state index is 10.1. The minimum atomic E-state index is -0.586. The van der Waals surface area contributed by atoms with E-state index in [0.717, 1.165) is 12.1 Å². The van der Waals surface area contributed by atoms with Crippen molar-refractivity contribution in [2.75, 3.05) is 33.4 Å². The molecule has 0 saturated heterocycles. The fourth-order valence-corrected chi connectivity index (χ4v) is 2.71. The fraction of sp³-hybridized carbons (Fsp3) is 0.375. The molecule has 3 nitrogen and oxygen atoms in total. The third-order valence-electron chi connectivity index (χ3n) is 3.12. The first kappa shape index (κ1) is 15.0. The van der Waals surface area contributed by atoms with Crippen LogP contribution in [0.15, 0.2) is 29.6 Å². The highest BCUT2D eigenvalue weighted by Crippen LogP contribution is 2.24. The van der Waals surface area contributed by atoms with Crippen LogP contribution >= 0.6 is 11.3 Å². The predicted octanol–water partition coefficient (Wildman–Crippen LogP) is 2.52. The van der Waals surface area contributed by atoms with Crippen LogP contribution in [-0.4, -0.2) is 43.4 Å². The summed E-state index contributed by atoms with van der Waals surface area (Å²) in [6, 6.07) is 8.08. The zero-order valence-corrected chi connectivity index (χ0v) is 12.4. The monoisotopic (exact) mass is 289 g/mol. The number of ether oxygens (including phenoxy) is 1. The molecule has 0 fully saturated rings. The van der Waals surface area contributed by atoms with Crippen molar-refractivity contribution in [1.29, 1.82) is 0 Å². The zero-order valence-electron chi connectivity index (χ0n) is 11.6. The maximum atomic E-state index is 10.1. The number of aliphatic hydroxyl groups is 1. The van der Waals surface area contributed by atoms with E-state index in [0.29, 0.717) is 19.8 Å². The third kappa shape index (κ3) is 4.06. The molecular formula is C16H19NO2S. The highest BCUT2D eigenvalue weighted by molar-refractivity contribution is 7.17. The van der Waals surface area contributed by atoms with Gasteiger partial charge in [0.1, 0.15) is 6.10 Å². The van der Waals surface area contributed by atoms with Crippen LogP contribution in [0.5, 0.6) is 0 Å². The Labute approximate surface area is 123 Å². The summed E-state index contributed by atoms with van der Waals surface area (Å²) in [6.45, 7) is 2.25. The Morgan fingerprint density at radius 2 is 2.30 bits per heavy atom. The lowest BCUT2D eigenvalue weighted by Crippen LogP contribution is -2.24. The van der Waals surface area contributed by atoms with E-state index < -0.39 is 6.10 Å². The Morgan fingerprint density at radius 1 is 1.45 bits per heavy atom. The minimum absolute atomic E-state index is 0.305. The molecule has 106 valence electrons. The molecule has 1 heterocycles. The first-order valence-corrected chi connectivity index (χ1v) is 7.43. The lowest BCUT2D eigenvalue weighted by Gasteiger charge is -2.15. The van der Waals surface area contributed by atoms with Crippen molar-refractivity contribution < 1.29 is 9.84 Å². The number of likely N-dealkylation sites (N-methyl/N-ethyl adjacent to an activating group) is 1. The number of benzene rings is 1. The Morgan fingerprint density at radius 3 is 3.10 bits per heavy atom.